The molecule has 28 heavy (non-hydrogen) atoms. The van der Waals surface area contributed by atoms with E-state index in [9.17, 15) is 4.57 Å². The van der Waals surface area contributed by atoms with Crippen molar-refractivity contribution in [2.45, 2.75) is 38.8 Å². The van der Waals surface area contributed by atoms with E-state index in [1.165, 1.54) is 0 Å². The minimum Gasteiger partial charge on any atom is -0.438 e. The zero-order valence-corrected chi connectivity index (χ0v) is 18.6. The summed E-state index contributed by atoms with van der Waals surface area (Å²) in [5.41, 5.74) is 1.87. The van der Waals surface area contributed by atoms with Crippen LogP contribution in [0.15, 0.2) is 48.5 Å². The van der Waals surface area contributed by atoms with Gasteiger partial charge in [0.25, 0.3) is 7.37 Å². The number of rotatable bonds is 7. The molecule has 0 bridgehead atoms. The summed E-state index contributed by atoms with van der Waals surface area (Å²) in [6.07, 6.45) is 1.23. The van der Waals surface area contributed by atoms with Crippen molar-refractivity contribution in [1.29, 1.82) is 0 Å². The number of fused-ring (bicyclic) bond motifs is 3. The Bertz CT molecular complexity index is 884. The molecule has 0 fully saturated rings. The number of hydroxylamine groups is 2. The topological polar surface area (TPSA) is 42.0 Å². The van der Waals surface area contributed by atoms with Crippen molar-refractivity contribution in [3.05, 3.63) is 48.5 Å². The molecule has 0 aromatic heterocycles. The first-order chi connectivity index (χ1) is 13.2. The minimum atomic E-state index is -3.06. The maximum atomic E-state index is 14.0. The Morgan fingerprint density at radius 3 is 2.36 bits per heavy atom. The van der Waals surface area contributed by atoms with E-state index in [2.05, 4.69) is 25.7 Å². The molecular weight excluding hydrogens is 371 g/mol. The summed E-state index contributed by atoms with van der Waals surface area (Å²) in [7, 11) is 2.57. The lowest BCUT2D eigenvalue weighted by Gasteiger charge is -2.39. The lowest BCUT2D eigenvalue weighted by molar-refractivity contribution is -0.177. The molecule has 2 aromatic carbocycles. The summed E-state index contributed by atoms with van der Waals surface area (Å²) in [6.45, 7) is 6.44. The molecule has 0 saturated carbocycles. The van der Waals surface area contributed by atoms with Crippen LogP contribution in [0.3, 0.4) is 0 Å². The first-order valence-corrected chi connectivity index (χ1v) is 11.4. The fourth-order valence-corrected chi connectivity index (χ4v) is 6.29. The molecule has 6 heteroatoms. The predicted octanol–water partition coefficient (Wildman–Crippen LogP) is 4.59. The predicted molar refractivity (Wildman–Crippen MR) is 115 cm³/mol. The molecule has 2 unspecified atom stereocenters. The SMILES string of the molecule is CON(C)C(C)(C)CC(C)N(C)CP1(=O)Oc2ccccc2-c2ccccc21. The average Bonchev–Trinajstić information content (AvgIpc) is 2.67. The number of hydrogen-bond acceptors (Lipinski definition) is 5. The highest BCUT2D eigenvalue weighted by Crippen LogP contribution is 2.54. The number of benzene rings is 2. The monoisotopic (exact) mass is 402 g/mol. The molecule has 2 atom stereocenters. The molecule has 0 radical (unpaired) electrons. The highest BCUT2D eigenvalue weighted by molar-refractivity contribution is 7.67. The van der Waals surface area contributed by atoms with Crippen LogP contribution in [0, 0.1) is 0 Å². The fraction of sp³-hybridized carbons (Fsp3) is 0.455. The summed E-state index contributed by atoms with van der Waals surface area (Å²) in [4.78, 5) is 7.52. The van der Waals surface area contributed by atoms with Crippen LogP contribution in [0.2, 0.25) is 0 Å². The van der Waals surface area contributed by atoms with Gasteiger partial charge < -0.3 is 9.36 Å². The molecule has 0 aliphatic carbocycles. The Morgan fingerprint density at radius 2 is 1.68 bits per heavy atom. The Kier molecular flexibility index (Phi) is 6.02. The molecule has 1 aliphatic rings. The third kappa shape index (κ3) is 4.04. The summed E-state index contributed by atoms with van der Waals surface area (Å²) in [6, 6.07) is 15.9. The largest absolute Gasteiger partial charge is 0.438 e. The quantitative estimate of drug-likeness (QED) is 0.501. The van der Waals surface area contributed by atoms with Gasteiger partial charge in [0.15, 0.2) is 0 Å². The van der Waals surface area contributed by atoms with E-state index < -0.39 is 7.37 Å². The Hall–Kier alpha value is -1.65. The van der Waals surface area contributed by atoms with Crippen LogP contribution in [0.4, 0.5) is 0 Å². The molecular formula is C22H31N2O3P. The van der Waals surface area contributed by atoms with E-state index in [0.29, 0.717) is 12.0 Å². The van der Waals surface area contributed by atoms with E-state index in [4.69, 9.17) is 9.36 Å². The summed E-state index contributed by atoms with van der Waals surface area (Å²) < 4.78 is 20.1. The first-order valence-electron chi connectivity index (χ1n) is 9.64. The molecule has 1 heterocycles. The van der Waals surface area contributed by atoms with E-state index in [1.807, 2.05) is 67.7 Å². The summed E-state index contributed by atoms with van der Waals surface area (Å²) in [5.74, 6) is 0.699. The second kappa shape index (κ2) is 8.00. The summed E-state index contributed by atoms with van der Waals surface area (Å²) in [5, 5.41) is 2.67. The van der Waals surface area contributed by atoms with Gasteiger partial charge in [-0.15, -0.1) is 0 Å². The van der Waals surface area contributed by atoms with Gasteiger partial charge in [-0.05, 0) is 51.9 Å². The second-order valence-corrected chi connectivity index (χ2v) is 10.5. The van der Waals surface area contributed by atoms with Gasteiger partial charge in [-0.25, -0.2) is 0 Å². The summed E-state index contributed by atoms with van der Waals surface area (Å²) >= 11 is 0. The second-order valence-electron chi connectivity index (χ2n) is 8.22. The van der Waals surface area contributed by atoms with Crippen LogP contribution < -0.4 is 9.83 Å². The molecule has 5 nitrogen and oxygen atoms in total. The van der Waals surface area contributed by atoms with Crippen LogP contribution in [-0.4, -0.2) is 49.0 Å². The minimum absolute atomic E-state index is 0.144. The normalized spacial score (nSPS) is 19.9. The van der Waals surface area contributed by atoms with Crippen LogP contribution in [-0.2, 0) is 9.40 Å². The maximum Gasteiger partial charge on any atom is 0.291 e. The van der Waals surface area contributed by atoms with Crippen molar-refractivity contribution in [3.8, 4) is 16.9 Å². The standard InChI is InChI=1S/C22H31N2O3P/c1-17(15-22(2,3)24(5)26-6)23(4)16-28(25)21-14-10-8-12-19(21)18-11-7-9-13-20(18)27-28/h7-14,17H,15-16H2,1-6H3. The lowest BCUT2D eigenvalue weighted by Crippen LogP contribution is -2.46. The fourth-order valence-electron chi connectivity index (χ4n) is 3.77. The Morgan fingerprint density at radius 1 is 1.07 bits per heavy atom. The van der Waals surface area contributed by atoms with Gasteiger partial charge in [0.1, 0.15) is 5.75 Å². The van der Waals surface area contributed by atoms with Gasteiger partial charge in [-0.2, -0.15) is 5.06 Å². The van der Waals surface area contributed by atoms with Gasteiger partial charge in [0, 0.05) is 24.2 Å². The third-order valence-electron chi connectivity index (χ3n) is 5.78. The average molecular weight is 402 g/mol. The molecule has 0 amide bonds. The zero-order valence-electron chi connectivity index (χ0n) is 17.7. The van der Waals surface area contributed by atoms with Gasteiger partial charge in [0.2, 0.25) is 0 Å². The molecule has 0 N–H and O–H groups in total. The van der Waals surface area contributed by atoms with Crippen LogP contribution in [0.1, 0.15) is 27.2 Å². The van der Waals surface area contributed by atoms with E-state index in [0.717, 1.165) is 22.9 Å². The van der Waals surface area contributed by atoms with Crippen LogP contribution in [0.5, 0.6) is 5.75 Å². The number of nitrogens with zero attached hydrogens (tertiary/aromatic N) is 2. The van der Waals surface area contributed by atoms with Gasteiger partial charge >= 0.3 is 0 Å². The highest BCUT2D eigenvalue weighted by Gasteiger charge is 2.38. The van der Waals surface area contributed by atoms with Crippen molar-refractivity contribution in [3.63, 3.8) is 0 Å². The van der Waals surface area contributed by atoms with Crippen molar-refractivity contribution >= 4 is 12.7 Å². The first kappa shape index (κ1) is 21.1. The zero-order chi connectivity index (χ0) is 20.5. The van der Waals surface area contributed by atoms with E-state index in [1.54, 1.807) is 7.11 Å². The molecule has 1 aliphatic heterocycles. The molecule has 152 valence electrons. The van der Waals surface area contributed by atoms with E-state index in [-0.39, 0.29) is 11.6 Å². The molecule has 0 spiro atoms. The van der Waals surface area contributed by atoms with Crippen LogP contribution in [0.25, 0.3) is 11.1 Å². The maximum absolute atomic E-state index is 14.0. The Balaban J connectivity index is 1.85. The molecule has 3 rings (SSSR count). The number of hydrogen-bond donors (Lipinski definition) is 0. The van der Waals surface area contributed by atoms with Gasteiger partial charge in [0.05, 0.1) is 18.7 Å². The lowest BCUT2D eigenvalue weighted by atomic mass is 9.95. The molecule has 0 saturated heterocycles. The third-order valence-corrected chi connectivity index (χ3v) is 8.21. The number of para-hydroxylation sites is 1. The van der Waals surface area contributed by atoms with Crippen LogP contribution >= 0.6 is 7.37 Å². The van der Waals surface area contributed by atoms with Gasteiger partial charge in [-0.1, -0.05) is 36.4 Å². The van der Waals surface area contributed by atoms with Crippen molar-refractivity contribution in [1.82, 2.24) is 9.96 Å². The van der Waals surface area contributed by atoms with E-state index >= 15 is 0 Å². The van der Waals surface area contributed by atoms with Gasteiger partial charge in [-0.3, -0.25) is 9.46 Å². The van der Waals surface area contributed by atoms with Crippen molar-refractivity contribution in [2.75, 3.05) is 27.5 Å². The smallest absolute Gasteiger partial charge is 0.291 e. The van der Waals surface area contributed by atoms with Crippen molar-refractivity contribution in [2.24, 2.45) is 0 Å². The highest BCUT2D eigenvalue weighted by atomic mass is 31.2. The molecule has 2 aromatic rings. The Labute approximate surface area is 168 Å². The van der Waals surface area contributed by atoms with Crippen molar-refractivity contribution < 1.29 is 13.9 Å².